The largest absolute Gasteiger partial charge is 0.508 e. The molecule has 0 aliphatic heterocycles. The number of aliphatic hydroxyl groups is 1. The molecule has 1 saturated carbocycles. The normalized spacial score (nSPS) is 27.4. The van der Waals surface area contributed by atoms with E-state index in [9.17, 15) is 9.90 Å². The van der Waals surface area contributed by atoms with Gasteiger partial charge in [-0.1, -0.05) is 0 Å². The Hall–Kier alpha value is -0.770. The van der Waals surface area contributed by atoms with Crippen molar-refractivity contribution in [2.75, 3.05) is 0 Å². The van der Waals surface area contributed by atoms with E-state index in [1.807, 2.05) is 0 Å². The molecule has 0 spiro atoms. The fraction of sp³-hybridized carbons (Fsp3) is 0.900. The predicted molar refractivity (Wildman–Crippen MR) is 51.0 cm³/mol. The maximum Gasteiger partial charge on any atom is 0.508 e. The molecular weight excluding hydrogens is 184 g/mol. The quantitative estimate of drug-likeness (QED) is 0.694. The summed E-state index contributed by atoms with van der Waals surface area (Å²) in [5, 5.41) is 9.34. The number of hydrogen-bond donors (Lipinski definition) is 1. The van der Waals surface area contributed by atoms with E-state index >= 15 is 0 Å². The lowest BCUT2D eigenvalue weighted by Crippen LogP contribution is -2.29. The van der Waals surface area contributed by atoms with Crippen molar-refractivity contribution in [1.82, 2.24) is 0 Å². The molecule has 0 bridgehead atoms. The third kappa shape index (κ3) is 3.96. The molecule has 1 fully saturated rings. The van der Waals surface area contributed by atoms with Crippen molar-refractivity contribution < 1.29 is 19.4 Å². The molecule has 82 valence electrons. The van der Waals surface area contributed by atoms with E-state index in [0.717, 1.165) is 19.3 Å². The van der Waals surface area contributed by atoms with Crippen LogP contribution in [0.3, 0.4) is 0 Å². The van der Waals surface area contributed by atoms with E-state index in [1.165, 1.54) is 0 Å². The summed E-state index contributed by atoms with van der Waals surface area (Å²) < 4.78 is 9.90. The van der Waals surface area contributed by atoms with Crippen LogP contribution in [-0.2, 0) is 9.47 Å². The zero-order chi connectivity index (χ0) is 10.6. The minimum atomic E-state index is -0.626. The van der Waals surface area contributed by atoms with Crippen molar-refractivity contribution >= 4 is 6.16 Å². The number of ether oxygens (including phenoxy) is 2. The Morgan fingerprint density at radius 2 is 2.14 bits per heavy atom. The molecular formula is C10H18O4. The minimum absolute atomic E-state index is 0.156. The molecule has 1 N–H and O–H groups in total. The van der Waals surface area contributed by atoms with Crippen molar-refractivity contribution in [3.05, 3.63) is 0 Å². The number of carbonyl (C=O) groups is 1. The van der Waals surface area contributed by atoms with Crippen LogP contribution in [0.15, 0.2) is 0 Å². The molecule has 2 atom stereocenters. The van der Waals surface area contributed by atoms with Crippen molar-refractivity contribution in [2.24, 2.45) is 0 Å². The fourth-order valence-corrected chi connectivity index (χ4v) is 1.58. The average molecular weight is 202 g/mol. The van der Waals surface area contributed by atoms with Crippen LogP contribution >= 0.6 is 0 Å². The first-order valence-corrected chi connectivity index (χ1v) is 5.13. The highest BCUT2D eigenvalue weighted by Crippen LogP contribution is 2.21. The maximum absolute atomic E-state index is 11.1. The zero-order valence-electron chi connectivity index (χ0n) is 8.73. The van der Waals surface area contributed by atoms with Crippen LogP contribution in [0.25, 0.3) is 0 Å². The third-order valence-corrected chi connectivity index (χ3v) is 2.19. The molecule has 1 aliphatic carbocycles. The molecule has 0 aromatic carbocycles. The van der Waals surface area contributed by atoms with E-state index < -0.39 is 6.16 Å². The van der Waals surface area contributed by atoms with Crippen LogP contribution in [0.2, 0.25) is 0 Å². The first-order chi connectivity index (χ1) is 6.58. The SMILES string of the molecule is CC(C)OC(=O)OC1CCCC(O)C1. The molecule has 0 aromatic rings. The first kappa shape index (κ1) is 11.3. The fourth-order valence-electron chi connectivity index (χ4n) is 1.58. The van der Waals surface area contributed by atoms with Gasteiger partial charge in [0.25, 0.3) is 0 Å². The molecule has 14 heavy (non-hydrogen) atoms. The zero-order valence-corrected chi connectivity index (χ0v) is 8.73. The summed E-state index contributed by atoms with van der Waals surface area (Å²) in [5.74, 6) is 0. The number of carbonyl (C=O) groups excluding carboxylic acids is 1. The monoisotopic (exact) mass is 202 g/mol. The van der Waals surface area contributed by atoms with E-state index in [1.54, 1.807) is 13.8 Å². The van der Waals surface area contributed by atoms with E-state index in [2.05, 4.69) is 0 Å². The van der Waals surface area contributed by atoms with Crippen molar-refractivity contribution in [3.63, 3.8) is 0 Å². The van der Waals surface area contributed by atoms with Gasteiger partial charge in [-0.3, -0.25) is 0 Å². The van der Waals surface area contributed by atoms with Gasteiger partial charge in [-0.25, -0.2) is 4.79 Å². The van der Waals surface area contributed by atoms with Crippen LogP contribution < -0.4 is 0 Å². The third-order valence-electron chi connectivity index (χ3n) is 2.19. The molecule has 1 aliphatic rings. The van der Waals surface area contributed by atoms with Gasteiger partial charge in [-0.2, -0.15) is 0 Å². The van der Waals surface area contributed by atoms with Crippen LogP contribution in [-0.4, -0.2) is 29.6 Å². The lowest BCUT2D eigenvalue weighted by molar-refractivity contribution is -0.0239. The highest BCUT2D eigenvalue weighted by atomic mass is 16.7. The van der Waals surface area contributed by atoms with Gasteiger partial charge in [0, 0.05) is 6.42 Å². The molecule has 0 heterocycles. The Kier molecular flexibility index (Phi) is 4.20. The van der Waals surface area contributed by atoms with Crippen LogP contribution in [0, 0.1) is 0 Å². The predicted octanol–water partition coefficient (Wildman–Crippen LogP) is 1.85. The molecule has 0 aromatic heterocycles. The molecule has 2 unspecified atom stereocenters. The van der Waals surface area contributed by atoms with Gasteiger partial charge in [0.05, 0.1) is 12.2 Å². The van der Waals surface area contributed by atoms with Gasteiger partial charge in [-0.15, -0.1) is 0 Å². The highest BCUT2D eigenvalue weighted by molar-refractivity contribution is 5.60. The maximum atomic E-state index is 11.1. The molecule has 0 saturated heterocycles. The lowest BCUT2D eigenvalue weighted by Gasteiger charge is -2.25. The topological polar surface area (TPSA) is 55.8 Å². The Labute approximate surface area is 84.2 Å². The summed E-state index contributed by atoms with van der Waals surface area (Å²) >= 11 is 0. The van der Waals surface area contributed by atoms with Crippen molar-refractivity contribution in [2.45, 2.75) is 57.8 Å². The second-order valence-electron chi connectivity index (χ2n) is 3.98. The van der Waals surface area contributed by atoms with E-state index in [4.69, 9.17) is 9.47 Å². The molecule has 1 rings (SSSR count). The van der Waals surface area contributed by atoms with Gasteiger partial charge in [0.15, 0.2) is 0 Å². The molecule has 4 nitrogen and oxygen atoms in total. The van der Waals surface area contributed by atoms with Gasteiger partial charge < -0.3 is 14.6 Å². The molecule has 4 heteroatoms. The first-order valence-electron chi connectivity index (χ1n) is 5.13. The summed E-state index contributed by atoms with van der Waals surface area (Å²) in [4.78, 5) is 11.1. The van der Waals surface area contributed by atoms with Gasteiger partial charge >= 0.3 is 6.16 Å². The number of aliphatic hydroxyl groups excluding tert-OH is 1. The van der Waals surface area contributed by atoms with Crippen LogP contribution in [0.1, 0.15) is 39.5 Å². The average Bonchev–Trinajstić information content (AvgIpc) is 2.01. The Bertz CT molecular complexity index is 191. The molecule has 0 radical (unpaired) electrons. The summed E-state index contributed by atoms with van der Waals surface area (Å²) in [6, 6.07) is 0. The highest BCUT2D eigenvalue weighted by Gasteiger charge is 2.24. The number of rotatable bonds is 2. The van der Waals surface area contributed by atoms with Crippen LogP contribution in [0.5, 0.6) is 0 Å². The summed E-state index contributed by atoms with van der Waals surface area (Å²) in [7, 11) is 0. The van der Waals surface area contributed by atoms with Gasteiger partial charge in [-0.05, 0) is 33.1 Å². The standard InChI is InChI=1S/C10H18O4/c1-7(2)13-10(12)14-9-5-3-4-8(11)6-9/h7-9,11H,3-6H2,1-2H3. The summed E-state index contributed by atoms with van der Waals surface area (Å²) in [6.45, 7) is 3.55. The minimum Gasteiger partial charge on any atom is -0.432 e. The van der Waals surface area contributed by atoms with E-state index in [0.29, 0.717) is 6.42 Å². The Morgan fingerprint density at radius 1 is 1.43 bits per heavy atom. The Balaban J connectivity index is 2.25. The second-order valence-corrected chi connectivity index (χ2v) is 3.98. The summed E-state index contributed by atoms with van der Waals surface area (Å²) in [5.41, 5.74) is 0. The number of hydrogen-bond acceptors (Lipinski definition) is 4. The Morgan fingerprint density at radius 3 is 2.71 bits per heavy atom. The summed E-state index contributed by atoms with van der Waals surface area (Å²) in [6.07, 6.45) is 1.78. The smallest absolute Gasteiger partial charge is 0.432 e. The molecule has 0 amide bonds. The van der Waals surface area contributed by atoms with E-state index in [-0.39, 0.29) is 18.3 Å². The van der Waals surface area contributed by atoms with Crippen molar-refractivity contribution in [3.8, 4) is 0 Å². The van der Waals surface area contributed by atoms with Crippen molar-refractivity contribution in [1.29, 1.82) is 0 Å². The second kappa shape index (κ2) is 5.20. The lowest BCUT2D eigenvalue weighted by atomic mass is 9.95. The van der Waals surface area contributed by atoms with Crippen LogP contribution in [0.4, 0.5) is 4.79 Å². The van der Waals surface area contributed by atoms with Gasteiger partial charge in [0.2, 0.25) is 0 Å². The van der Waals surface area contributed by atoms with Gasteiger partial charge in [0.1, 0.15) is 6.10 Å².